The zero-order valence-corrected chi connectivity index (χ0v) is 16.1. The van der Waals surface area contributed by atoms with E-state index in [1.54, 1.807) is 0 Å². The Morgan fingerprint density at radius 2 is 1.38 bits per heavy atom. The molecule has 0 amide bonds. The number of aryl methyl sites for hydroxylation is 1. The highest BCUT2D eigenvalue weighted by atomic mass is 32.1. The lowest BCUT2D eigenvalue weighted by Crippen LogP contribution is -2.16. The molecule has 0 N–H and O–H groups in total. The lowest BCUT2D eigenvalue weighted by Gasteiger charge is -2.08. The van der Waals surface area contributed by atoms with E-state index in [0.717, 1.165) is 27.9 Å². The first kappa shape index (κ1) is 20.3. The smallest absolute Gasteiger partial charge is 0.406 e. The van der Waals surface area contributed by atoms with Crippen LogP contribution in [-0.2, 0) is 0 Å². The van der Waals surface area contributed by atoms with Crippen LogP contribution in [0.2, 0.25) is 0 Å². The molecule has 0 saturated heterocycles. The van der Waals surface area contributed by atoms with Crippen LogP contribution in [0.1, 0.15) is 16.7 Å². The SMILES string of the molecule is Cc1cc(-c2ccc(C#Cc3ccc(OC(F)(F)F)cc3)cc2)ccc1N=C=S. The van der Waals surface area contributed by atoms with Gasteiger partial charge in [0.2, 0.25) is 0 Å². The third kappa shape index (κ3) is 5.79. The van der Waals surface area contributed by atoms with E-state index in [1.807, 2.05) is 49.4 Å². The van der Waals surface area contributed by atoms with Crippen molar-refractivity contribution in [1.82, 2.24) is 0 Å². The molecule has 0 bridgehead atoms. The predicted octanol–water partition coefficient (Wildman–Crippen LogP) is 6.69. The molecule has 144 valence electrons. The number of halogens is 3. The molecule has 3 aromatic rings. The Bertz CT molecular complexity index is 1120. The Labute approximate surface area is 171 Å². The Morgan fingerprint density at radius 3 is 1.90 bits per heavy atom. The molecule has 3 rings (SSSR count). The Hall–Kier alpha value is -3.39. The van der Waals surface area contributed by atoms with Crippen molar-refractivity contribution in [2.45, 2.75) is 13.3 Å². The average Bonchev–Trinajstić information content (AvgIpc) is 2.68. The minimum absolute atomic E-state index is 0.273. The van der Waals surface area contributed by atoms with Crippen molar-refractivity contribution in [3.8, 4) is 28.7 Å². The molecule has 0 aliphatic heterocycles. The van der Waals surface area contributed by atoms with Crippen LogP contribution in [-0.4, -0.2) is 11.5 Å². The molecule has 2 nitrogen and oxygen atoms in total. The highest BCUT2D eigenvalue weighted by Crippen LogP contribution is 2.26. The lowest BCUT2D eigenvalue weighted by molar-refractivity contribution is -0.274. The molecule has 0 heterocycles. The van der Waals surface area contributed by atoms with Crippen LogP contribution in [0.5, 0.6) is 5.75 Å². The molecule has 6 heteroatoms. The van der Waals surface area contributed by atoms with Crippen molar-refractivity contribution in [3.63, 3.8) is 0 Å². The fraction of sp³-hybridized carbons (Fsp3) is 0.0870. The van der Waals surface area contributed by atoms with E-state index in [9.17, 15) is 13.2 Å². The monoisotopic (exact) mass is 409 g/mol. The minimum Gasteiger partial charge on any atom is -0.406 e. The number of nitrogens with zero attached hydrogens (tertiary/aromatic N) is 1. The maximum atomic E-state index is 12.2. The van der Waals surface area contributed by atoms with E-state index in [4.69, 9.17) is 0 Å². The molecular formula is C23H14F3NOS. The maximum Gasteiger partial charge on any atom is 0.573 e. The van der Waals surface area contributed by atoms with Gasteiger partial charge in [-0.05, 0) is 84.4 Å². The first-order chi connectivity index (χ1) is 13.8. The van der Waals surface area contributed by atoms with Gasteiger partial charge in [-0.3, -0.25) is 0 Å². The number of hydrogen-bond acceptors (Lipinski definition) is 3. The van der Waals surface area contributed by atoms with Gasteiger partial charge in [0.1, 0.15) is 5.75 Å². The molecule has 0 aromatic heterocycles. The number of aliphatic imine (C=N–C) groups is 1. The van der Waals surface area contributed by atoms with Crippen LogP contribution in [0, 0.1) is 18.8 Å². The molecule has 3 aromatic carbocycles. The van der Waals surface area contributed by atoms with Gasteiger partial charge in [-0.25, -0.2) is 0 Å². The van der Waals surface area contributed by atoms with E-state index in [-0.39, 0.29) is 5.75 Å². The van der Waals surface area contributed by atoms with E-state index in [0.29, 0.717) is 5.56 Å². The van der Waals surface area contributed by atoms with Crippen LogP contribution >= 0.6 is 12.2 Å². The van der Waals surface area contributed by atoms with Gasteiger partial charge in [-0.15, -0.1) is 13.2 Å². The van der Waals surface area contributed by atoms with Crippen LogP contribution in [0.3, 0.4) is 0 Å². The fourth-order valence-corrected chi connectivity index (χ4v) is 2.74. The Morgan fingerprint density at radius 1 is 0.828 bits per heavy atom. The number of hydrogen-bond donors (Lipinski definition) is 0. The number of ether oxygens (including phenoxy) is 1. The predicted molar refractivity (Wildman–Crippen MR) is 110 cm³/mol. The molecular weight excluding hydrogens is 395 g/mol. The summed E-state index contributed by atoms with van der Waals surface area (Å²) in [6.07, 6.45) is -4.70. The van der Waals surface area contributed by atoms with E-state index >= 15 is 0 Å². The number of rotatable bonds is 3. The van der Waals surface area contributed by atoms with Crippen LogP contribution in [0.4, 0.5) is 18.9 Å². The molecule has 0 spiro atoms. The van der Waals surface area contributed by atoms with Gasteiger partial charge in [0, 0.05) is 11.1 Å². The average molecular weight is 409 g/mol. The fourth-order valence-electron chi connectivity index (χ4n) is 2.64. The molecule has 0 radical (unpaired) electrons. The summed E-state index contributed by atoms with van der Waals surface area (Å²) in [5.74, 6) is 5.65. The van der Waals surface area contributed by atoms with Crippen molar-refractivity contribution in [3.05, 3.63) is 83.4 Å². The molecule has 0 atom stereocenters. The summed E-state index contributed by atoms with van der Waals surface area (Å²) in [4.78, 5) is 4.01. The third-order valence-corrected chi connectivity index (χ3v) is 4.11. The minimum atomic E-state index is -4.70. The van der Waals surface area contributed by atoms with Gasteiger partial charge in [0.15, 0.2) is 0 Å². The van der Waals surface area contributed by atoms with Crippen molar-refractivity contribution < 1.29 is 17.9 Å². The largest absolute Gasteiger partial charge is 0.573 e. The van der Waals surface area contributed by atoms with E-state index in [2.05, 4.69) is 38.9 Å². The highest BCUT2D eigenvalue weighted by Gasteiger charge is 2.30. The quantitative estimate of drug-likeness (QED) is 0.273. The zero-order chi connectivity index (χ0) is 20.9. The second-order valence-corrected chi connectivity index (χ2v) is 6.29. The maximum absolute atomic E-state index is 12.2. The van der Waals surface area contributed by atoms with Gasteiger partial charge in [-0.1, -0.05) is 30.0 Å². The van der Waals surface area contributed by atoms with Gasteiger partial charge < -0.3 is 4.74 Å². The number of thiocarbonyl (C=S) groups is 1. The van der Waals surface area contributed by atoms with Gasteiger partial charge in [-0.2, -0.15) is 4.99 Å². The molecule has 0 aliphatic carbocycles. The topological polar surface area (TPSA) is 21.6 Å². The van der Waals surface area contributed by atoms with Crippen molar-refractivity contribution >= 4 is 23.1 Å². The molecule has 0 saturated carbocycles. The Balaban J connectivity index is 1.73. The number of alkyl halides is 3. The molecule has 0 fully saturated rings. The van der Waals surface area contributed by atoms with Gasteiger partial charge in [0.05, 0.1) is 10.8 Å². The van der Waals surface area contributed by atoms with Gasteiger partial charge >= 0.3 is 6.36 Å². The van der Waals surface area contributed by atoms with Gasteiger partial charge in [0.25, 0.3) is 0 Å². The normalized spacial score (nSPS) is 10.5. The molecule has 0 unspecified atom stereocenters. The summed E-state index contributed by atoms with van der Waals surface area (Å²) >= 11 is 4.64. The van der Waals surface area contributed by atoms with Crippen molar-refractivity contribution in [2.24, 2.45) is 4.99 Å². The summed E-state index contributed by atoms with van der Waals surface area (Å²) in [5.41, 5.74) is 5.26. The van der Waals surface area contributed by atoms with Crippen molar-refractivity contribution in [1.29, 1.82) is 0 Å². The molecule has 29 heavy (non-hydrogen) atoms. The van der Waals surface area contributed by atoms with Crippen LogP contribution in [0.25, 0.3) is 11.1 Å². The first-order valence-corrected chi connectivity index (χ1v) is 8.92. The van der Waals surface area contributed by atoms with Crippen LogP contribution in [0.15, 0.2) is 71.7 Å². The Kier molecular flexibility index (Phi) is 6.13. The van der Waals surface area contributed by atoms with Crippen molar-refractivity contribution in [2.75, 3.05) is 0 Å². The number of isothiocyanates is 1. The second kappa shape index (κ2) is 8.74. The standard InChI is InChI=1S/C23H14F3NOS/c1-16-14-20(10-13-22(16)27-15-29)19-8-4-17(5-9-19)2-3-18-6-11-21(12-7-18)28-23(24,25)26/h4-14H,1H3. The van der Waals surface area contributed by atoms with Crippen LogP contribution < -0.4 is 4.74 Å². The second-order valence-electron chi connectivity index (χ2n) is 6.10. The molecule has 0 aliphatic rings. The summed E-state index contributed by atoms with van der Waals surface area (Å²) in [6, 6.07) is 19.0. The zero-order valence-electron chi connectivity index (χ0n) is 15.2. The summed E-state index contributed by atoms with van der Waals surface area (Å²) in [5, 5.41) is 2.37. The van der Waals surface area contributed by atoms with E-state index < -0.39 is 6.36 Å². The first-order valence-electron chi connectivity index (χ1n) is 8.51. The summed E-state index contributed by atoms with van der Waals surface area (Å²) in [6.45, 7) is 1.96. The lowest BCUT2D eigenvalue weighted by atomic mass is 10.0. The highest BCUT2D eigenvalue weighted by molar-refractivity contribution is 7.78. The number of benzene rings is 3. The summed E-state index contributed by atoms with van der Waals surface area (Å²) in [7, 11) is 0. The van der Waals surface area contributed by atoms with E-state index in [1.165, 1.54) is 24.3 Å². The summed E-state index contributed by atoms with van der Waals surface area (Å²) < 4.78 is 40.4. The third-order valence-electron chi connectivity index (χ3n) is 4.02.